The molecule has 0 aliphatic carbocycles. The number of nitrogens with zero attached hydrogens (tertiary/aromatic N) is 2. The van der Waals surface area contributed by atoms with E-state index in [0.717, 1.165) is 38.2 Å². The largest absolute Gasteiger partial charge is 0.481 e. The molecule has 38 heavy (non-hydrogen) atoms. The van der Waals surface area contributed by atoms with Crippen molar-refractivity contribution in [1.82, 2.24) is 9.97 Å². The first-order valence-corrected chi connectivity index (χ1v) is 12.7. The number of hydrogen-bond donors (Lipinski definition) is 3. The highest BCUT2D eigenvalue weighted by atomic mass is 32.1. The van der Waals surface area contributed by atoms with Crippen LogP contribution in [0.5, 0.6) is 0 Å². The molecule has 2 amide bonds. The summed E-state index contributed by atoms with van der Waals surface area (Å²) in [6.45, 7) is 1.64. The first-order chi connectivity index (χ1) is 18.4. The number of aromatic nitrogens is 2. The number of carbonyl (C=O) groups excluding carboxylic acids is 1. The van der Waals surface area contributed by atoms with Crippen molar-refractivity contribution in [2.45, 2.75) is 19.8 Å². The molecule has 0 aliphatic heterocycles. The molecule has 0 saturated carbocycles. The lowest BCUT2D eigenvalue weighted by Crippen LogP contribution is -2.20. The minimum absolute atomic E-state index is 0.0988. The van der Waals surface area contributed by atoms with Gasteiger partial charge in [0.05, 0.1) is 21.6 Å². The number of fused-ring (bicyclic) bond motifs is 1. The van der Waals surface area contributed by atoms with E-state index in [1.165, 1.54) is 12.4 Å². The third kappa shape index (κ3) is 5.37. The van der Waals surface area contributed by atoms with Gasteiger partial charge in [-0.25, -0.2) is 19.2 Å². The van der Waals surface area contributed by atoms with Crippen LogP contribution in [-0.2, 0) is 11.2 Å². The molecule has 0 saturated heterocycles. The Balaban J connectivity index is 1.33. The summed E-state index contributed by atoms with van der Waals surface area (Å²) in [6, 6.07) is 19.4. The highest BCUT2D eigenvalue weighted by Gasteiger charge is 2.14. The van der Waals surface area contributed by atoms with Crippen LogP contribution in [0.2, 0.25) is 0 Å². The molecule has 0 atom stereocenters. The van der Waals surface area contributed by atoms with E-state index in [4.69, 9.17) is 5.11 Å². The molecule has 3 N–H and O–H groups in total. The number of nitrogens with one attached hydrogen (secondary N) is 2. The van der Waals surface area contributed by atoms with Gasteiger partial charge in [-0.15, -0.1) is 11.3 Å². The monoisotopic (exact) mass is 526 g/mol. The second kappa shape index (κ2) is 10.8. The Bertz CT molecular complexity index is 1630. The number of thiophene rings is 1. The fourth-order valence-electron chi connectivity index (χ4n) is 4.10. The van der Waals surface area contributed by atoms with Crippen LogP contribution in [0.25, 0.3) is 32.6 Å². The fraction of sp³-hybridized carbons (Fsp3) is 0.103. The van der Waals surface area contributed by atoms with Gasteiger partial charge in [0.15, 0.2) is 0 Å². The molecule has 9 heteroatoms. The Morgan fingerprint density at radius 3 is 2.42 bits per heavy atom. The van der Waals surface area contributed by atoms with Gasteiger partial charge >= 0.3 is 12.0 Å². The standard InChI is InChI=1S/C29H23FN4O3S/c1-17-3-2-4-23(25(17)30)34-29(37)33-21-12-10-20(11-13-21)26-28-27(32-16-31-26)22(15-38-28)19-8-5-18(6-9-19)7-14-24(35)36/h2-6,8-13,15-16H,7,14H2,1H3,(H,35,36)(H2,33,34,37). The van der Waals surface area contributed by atoms with Crippen molar-refractivity contribution >= 4 is 44.9 Å². The van der Waals surface area contributed by atoms with Gasteiger partial charge in [-0.05, 0) is 48.2 Å². The van der Waals surface area contributed by atoms with E-state index in [2.05, 4.69) is 20.6 Å². The molecule has 5 aromatic rings. The number of halogens is 1. The second-order valence-corrected chi connectivity index (χ2v) is 9.61. The van der Waals surface area contributed by atoms with Gasteiger partial charge in [0.1, 0.15) is 12.1 Å². The summed E-state index contributed by atoms with van der Waals surface area (Å²) >= 11 is 1.55. The van der Waals surface area contributed by atoms with Crippen LogP contribution in [0.15, 0.2) is 78.4 Å². The highest BCUT2D eigenvalue weighted by Crippen LogP contribution is 2.37. The predicted molar refractivity (Wildman–Crippen MR) is 148 cm³/mol. The lowest BCUT2D eigenvalue weighted by Gasteiger charge is -2.10. The lowest BCUT2D eigenvalue weighted by molar-refractivity contribution is -0.136. The molecule has 0 unspecified atom stereocenters. The van der Waals surface area contributed by atoms with E-state index in [1.807, 2.05) is 41.8 Å². The first kappa shape index (κ1) is 25.0. The van der Waals surface area contributed by atoms with Gasteiger partial charge in [-0.1, -0.05) is 48.5 Å². The number of anilines is 2. The molecule has 3 aromatic carbocycles. The summed E-state index contributed by atoms with van der Waals surface area (Å²) in [6.07, 6.45) is 2.12. The molecule has 0 fully saturated rings. The molecule has 7 nitrogen and oxygen atoms in total. The SMILES string of the molecule is Cc1cccc(NC(=O)Nc2ccc(-c3ncnc4c(-c5ccc(CCC(=O)O)cc5)csc34)cc2)c1F. The van der Waals surface area contributed by atoms with Crippen molar-refractivity contribution in [1.29, 1.82) is 0 Å². The highest BCUT2D eigenvalue weighted by molar-refractivity contribution is 7.18. The molecule has 0 spiro atoms. The summed E-state index contributed by atoms with van der Waals surface area (Å²) in [4.78, 5) is 32.2. The number of carboxylic acids is 1. The van der Waals surface area contributed by atoms with Crippen LogP contribution in [0.1, 0.15) is 17.5 Å². The van der Waals surface area contributed by atoms with Gasteiger partial charge < -0.3 is 15.7 Å². The minimum atomic E-state index is -0.813. The third-order valence-corrected chi connectivity index (χ3v) is 7.08. The van der Waals surface area contributed by atoms with Crippen molar-refractivity contribution in [3.05, 3.63) is 95.4 Å². The Labute approximate surface area is 222 Å². The number of aliphatic carboxylic acids is 1. The summed E-state index contributed by atoms with van der Waals surface area (Å²) in [7, 11) is 0. The van der Waals surface area contributed by atoms with Crippen LogP contribution in [0, 0.1) is 12.7 Å². The zero-order chi connectivity index (χ0) is 26.6. The van der Waals surface area contributed by atoms with E-state index < -0.39 is 17.8 Å². The summed E-state index contributed by atoms with van der Waals surface area (Å²) in [5.41, 5.74) is 6.55. The average Bonchev–Trinajstić information content (AvgIpc) is 3.35. The molecular formula is C29H23FN4O3S. The molecule has 2 aromatic heterocycles. The molecule has 2 heterocycles. The lowest BCUT2D eigenvalue weighted by atomic mass is 10.0. The maximum Gasteiger partial charge on any atom is 0.323 e. The number of amides is 2. The maximum absolute atomic E-state index is 14.2. The molecule has 190 valence electrons. The number of benzene rings is 3. The molecule has 5 rings (SSSR count). The molecule has 0 aliphatic rings. The maximum atomic E-state index is 14.2. The quantitative estimate of drug-likeness (QED) is 0.209. The minimum Gasteiger partial charge on any atom is -0.481 e. The fourth-order valence-corrected chi connectivity index (χ4v) is 5.14. The number of rotatable bonds is 7. The number of carbonyl (C=O) groups is 2. The van der Waals surface area contributed by atoms with Crippen molar-refractivity contribution in [2.75, 3.05) is 10.6 Å². The zero-order valence-electron chi connectivity index (χ0n) is 20.4. The van der Waals surface area contributed by atoms with E-state index in [9.17, 15) is 14.0 Å². The van der Waals surface area contributed by atoms with Crippen LogP contribution >= 0.6 is 11.3 Å². The van der Waals surface area contributed by atoms with Crippen LogP contribution in [0.4, 0.5) is 20.6 Å². The van der Waals surface area contributed by atoms with Gasteiger partial charge in [-0.2, -0.15) is 0 Å². The van der Waals surface area contributed by atoms with E-state index in [-0.39, 0.29) is 12.1 Å². The summed E-state index contributed by atoms with van der Waals surface area (Å²) < 4.78 is 15.1. The number of hydrogen-bond acceptors (Lipinski definition) is 5. The Kier molecular flexibility index (Phi) is 7.10. The van der Waals surface area contributed by atoms with E-state index >= 15 is 0 Å². The first-order valence-electron chi connectivity index (χ1n) is 11.9. The van der Waals surface area contributed by atoms with Crippen molar-refractivity contribution in [3.8, 4) is 22.4 Å². The van der Waals surface area contributed by atoms with E-state index in [0.29, 0.717) is 17.7 Å². The van der Waals surface area contributed by atoms with Crippen molar-refractivity contribution in [3.63, 3.8) is 0 Å². The van der Waals surface area contributed by atoms with Crippen molar-refractivity contribution < 1.29 is 19.1 Å². The van der Waals surface area contributed by atoms with E-state index in [1.54, 1.807) is 42.5 Å². The Hall–Kier alpha value is -4.63. The zero-order valence-corrected chi connectivity index (χ0v) is 21.2. The second-order valence-electron chi connectivity index (χ2n) is 8.73. The van der Waals surface area contributed by atoms with Crippen LogP contribution < -0.4 is 10.6 Å². The predicted octanol–water partition coefficient (Wildman–Crippen LogP) is 7.13. The molecule has 0 bridgehead atoms. The van der Waals surface area contributed by atoms with Gasteiger partial charge in [0.25, 0.3) is 0 Å². The van der Waals surface area contributed by atoms with Crippen LogP contribution in [0.3, 0.4) is 0 Å². The molecule has 0 radical (unpaired) electrons. The Morgan fingerprint density at radius 2 is 1.68 bits per heavy atom. The normalized spacial score (nSPS) is 10.9. The smallest absolute Gasteiger partial charge is 0.323 e. The third-order valence-electron chi connectivity index (χ3n) is 6.10. The number of carboxylic acid groups (broad SMARTS) is 1. The van der Waals surface area contributed by atoms with Crippen LogP contribution in [-0.4, -0.2) is 27.1 Å². The topological polar surface area (TPSA) is 104 Å². The van der Waals surface area contributed by atoms with Gasteiger partial charge in [-0.3, -0.25) is 4.79 Å². The number of aryl methyl sites for hydroxylation is 2. The van der Waals surface area contributed by atoms with Gasteiger partial charge in [0, 0.05) is 28.6 Å². The summed E-state index contributed by atoms with van der Waals surface area (Å²) in [5.74, 6) is -1.28. The van der Waals surface area contributed by atoms with Crippen molar-refractivity contribution in [2.24, 2.45) is 0 Å². The van der Waals surface area contributed by atoms with Gasteiger partial charge in [0.2, 0.25) is 0 Å². The molecular weight excluding hydrogens is 503 g/mol. The summed E-state index contributed by atoms with van der Waals surface area (Å²) in [5, 5.41) is 16.2. The average molecular weight is 527 g/mol. The Morgan fingerprint density at radius 1 is 0.947 bits per heavy atom. The number of urea groups is 1.